The number of aliphatic hydroxyl groups is 3. The van der Waals surface area contributed by atoms with Gasteiger partial charge < -0.3 is 25.2 Å². The Morgan fingerprint density at radius 1 is 1.50 bits per heavy atom. The van der Waals surface area contributed by atoms with Crippen LogP contribution in [0.1, 0.15) is 0 Å². The highest BCUT2D eigenvalue weighted by atomic mass is 127. The molecule has 0 aliphatic heterocycles. The molecule has 0 saturated carbocycles. The van der Waals surface area contributed by atoms with Gasteiger partial charge in [0.2, 0.25) is 0 Å². The van der Waals surface area contributed by atoms with E-state index < -0.39 is 34.8 Å². The van der Waals surface area contributed by atoms with Crippen LogP contribution in [0.5, 0.6) is 0 Å². The number of halogens is 1. The first-order valence-electron chi connectivity index (χ1n) is 3.82. The van der Waals surface area contributed by atoms with Gasteiger partial charge in [0.25, 0.3) is 0 Å². The molecule has 0 heterocycles. The number of carboxylic acid groups (broad SMARTS) is 1. The fourth-order valence-corrected chi connectivity index (χ4v) is 1.62. The molecular weight excluding hydrogens is 307 g/mol. The number of aliphatic carboxylic acids is 1. The lowest BCUT2D eigenvalue weighted by atomic mass is 10.1. The lowest BCUT2D eigenvalue weighted by Crippen LogP contribution is -2.47. The summed E-state index contributed by atoms with van der Waals surface area (Å²) in [6.45, 7) is -0.649. The number of rotatable bonds is 6. The summed E-state index contributed by atoms with van der Waals surface area (Å²) in [7, 11) is 1.23. The Hall–Kier alpha value is 0.0400. The third-order valence-corrected chi connectivity index (χ3v) is 2.96. The molecule has 14 heavy (non-hydrogen) atoms. The third kappa shape index (κ3) is 3.65. The molecule has 0 spiro atoms. The van der Waals surface area contributed by atoms with Crippen molar-refractivity contribution in [1.82, 2.24) is 0 Å². The first kappa shape index (κ1) is 14.0. The Morgan fingerprint density at radius 2 is 2.00 bits per heavy atom. The monoisotopic (exact) mass is 320 g/mol. The molecule has 4 atom stereocenters. The van der Waals surface area contributed by atoms with Gasteiger partial charge in [-0.3, -0.25) is 4.79 Å². The number of ether oxygens (including phenoxy) is 1. The zero-order valence-electron chi connectivity index (χ0n) is 7.50. The van der Waals surface area contributed by atoms with E-state index in [1.807, 2.05) is 0 Å². The smallest absolute Gasteiger partial charge is 0.319 e. The van der Waals surface area contributed by atoms with Crippen molar-refractivity contribution < 1.29 is 30.0 Å². The van der Waals surface area contributed by atoms with E-state index in [0.717, 1.165) is 0 Å². The lowest BCUT2D eigenvalue weighted by Gasteiger charge is -2.26. The maximum atomic E-state index is 10.6. The van der Waals surface area contributed by atoms with Crippen molar-refractivity contribution >= 4 is 28.6 Å². The number of aliphatic hydroxyl groups excluding tert-OH is 3. The topological polar surface area (TPSA) is 107 Å². The largest absolute Gasteiger partial charge is 0.480 e. The van der Waals surface area contributed by atoms with E-state index in [2.05, 4.69) is 0 Å². The van der Waals surface area contributed by atoms with Crippen molar-refractivity contribution in [3.63, 3.8) is 0 Å². The van der Waals surface area contributed by atoms with Crippen LogP contribution in [0, 0.1) is 0 Å². The van der Waals surface area contributed by atoms with Crippen molar-refractivity contribution in [2.75, 3.05) is 13.7 Å². The number of hydrogen-bond donors (Lipinski definition) is 4. The maximum absolute atomic E-state index is 10.6. The maximum Gasteiger partial charge on any atom is 0.319 e. The van der Waals surface area contributed by atoms with E-state index in [4.69, 9.17) is 20.1 Å². The minimum Gasteiger partial charge on any atom is -0.480 e. The summed E-state index contributed by atoms with van der Waals surface area (Å²) in [6.07, 6.45) is -3.89. The molecule has 0 radical (unpaired) electrons. The summed E-state index contributed by atoms with van der Waals surface area (Å²) in [6, 6.07) is 0. The minimum atomic E-state index is -1.43. The highest BCUT2D eigenvalue weighted by Crippen LogP contribution is 2.16. The lowest BCUT2D eigenvalue weighted by molar-refractivity contribution is -0.143. The zero-order valence-corrected chi connectivity index (χ0v) is 9.66. The van der Waals surface area contributed by atoms with Crippen LogP contribution in [0.2, 0.25) is 0 Å². The van der Waals surface area contributed by atoms with Crippen LogP contribution in [0.3, 0.4) is 0 Å². The van der Waals surface area contributed by atoms with Gasteiger partial charge in [0.05, 0.1) is 6.61 Å². The van der Waals surface area contributed by atoms with Crippen LogP contribution in [0.15, 0.2) is 0 Å². The van der Waals surface area contributed by atoms with Crippen molar-refractivity contribution in [2.45, 2.75) is 22.2 Å². The second-order valence-corrected chi connectivity index (χ2v) is 4.02. The average Bonchev–Trinajstić information content (AvgIpc) is 2.17. The molecule has 0 aliphatic carbocycles. The van der Waals surface area contributed by atoms with Crippen LogP contribution >= 0.6 is 22.6 Å². The van der Waals surface area contributed by atoms with Crippen LogP contribution in [0.4, 0.5) is 0 Å². The van der Waals surface area contributed by atoms with Gasteiger partial charge in [-0.05, 0) is 0 Å². The molecule has 6 nitrogen and oxygen atoms in total. The van der Waals surface area contributed by atoms with E-state index in [1.54, 1.807) is 22.6 Å². The Kier molecular flexibility index (Phi) is 6.53. The van der Waals surface area contributed by atoms with Crippen molar-refractivity contribution in [3.05, 3.63) is 0 Å². The van der Waals surface area contributed by atoms with E-state index >= 15 is 0 Å². The van der Waals surface area contributed by atoms with Gasteiger partial charge in [-0.2, -0.15) is 0 Å². The van der Waals surface area contributed by atoms with Gasteiger partial charge in [0.1, 0.15) is 22.2 Å². The molecule has 0 aromatic rings. The third-order valence-electron chi connectivity index (χ3n) is 1.71. The normalized spacial score (nSPS) is 19.8. The molecule has 0 aromatic carbocycles. The number of carboxylic acids is 1. The molecule has 0 fully saturated rings. The SMILES string of the molecule is COC(C(I)C(=O)O)C(O)C(O)CO. The molecule has 7 heteroatoms. The van der Waals surface area contributed by atoms with Crippen LogP contribution in [0.25, 0.3) is 0 Å². The Bertz CT molecular complexity index is 187. The second-order valence-electron chi connectivity index (χ2n) is 2.68. The molecule has 0 amide bonds. The zero-order chi connectivity index (χ0) is 11.3. The van der Waals surface area contributed by atoms with Crippen molar-refractivity contribution in [1.29, 1.82) is 0 Å². The van der Waals surface area contributed by atoms with Gasteiger partial charge in [-0.15, -0.1) is 0 Å². The van der Waals surface area contributed by atoms with E-state index in [9.17, 15) is 9.90 Å². The summed E-state index contributed by atoms with van der Waals surface area (Å²) >= 11 is 1.58. The summed E-state index contributed by atoms with van der Waals surface area (Å²) < 4.78 is 3.76. The van der Waals surface area contributed by atoms with E-state index in [0.29, 0.717) is 0 Å². The van der Waals surface area contributed by atoms with Gasteiger partial charge in [-0.1, -0.05) is 22.6 Å². The summed E-state index contributed by atoms with van der Waals surface area (Å²) in [5, 5.41) is 35.7. The molecule has 0 bridgehead atoms. The van der Waals surface area contributed by atoms with Crippen LogP contribution in [-0.4, -0.2) is 62.3 Å². The van der Waals surface area contributed by atoms with Gasteiger partial charge in [0.15, 0.2) is 0 Å². The van der Waals surface area contributed by atoms with E-state index in [1.165, 1.54) is 7.11 Å². The molecule has 0 aliphatic rings. The van der Waals surface area contributed by atoms with Gasteiger partial charge in [-0.25, -0.2) is 0 Å². The number of carbonyl (C=O) groups is 1. The molecule has 4 N–H and O–H groups in total. The second kappa shape index (κ2) is 6.51. The minimum absolute atomic E-state index is 0.649. The quantitative estimate of drug-likeness (QED) is 0.354. The first-order chi connectivity index (χ1) is 6.45. The molecular formula is C7H13IO6. The standard InChI is InChI=1S/C7H13IO6/c1-14-6(4(8)7(12)13)5(11)3(10)2-9/h3-6,9-11H,2H2,1H3,(H,12,13). The van der Waals surface area contributed by atoms with Gasteiger partial charge in [0, 0.05) is 7.11 Å². The Morgan fingerprint density at radius 3 is 2.29 bits per heavy atom. The Labute approximate surface area is 94.6 Å². The molecule has 0 saturated heterocycles. The summed E-state index contributed by atoms with van der Waals surface area (Å²) in [5.41, 5.74) is 0. The predicted octanol–water partition coefficient (Wildman–Crippen LogP) is -1.40. The highest BCUT2D eigenvalue weighted by Gasteiger charge is 2.35. The molecule has 0 rings (SSSR count). The average molecular weight is 320 g/mol. The summed E-state index contributed by atoms with van der Waals surface area (Å²) in [5.74, 6) is -1.15. The highest BCUT2D eigenvalue weighted by molar-refractivity contribution is 14.1. The molecule has 84 valence electrons. The van der Waals surface area contributed by atoms with Crippen LogP contribution in [-0.2, 0) is 9.53 Å². The number of methoxy groups -OCH3 is 1. The molecule has 0 aromatic heterocycles. The van der Waals surface area contributed by atoms with Crippen LogP contribution < -0.4 is 0 Å². The fraction of sp³-hybridized carbons (Fsp3) is 0.857. The molecule has 4 unspecified atom stereocenters. The van der Waals surface area contributed by atoms with Gasteiger partial charge >= 0.3 is 5.97 Å². The summed E-state index contributed by atoms with van der Waals surface area (Å²) in [4.78, 5) is 10.6. The van der Waals surface area contributed by atoms with Crippen molar-refractivity contribution in [2.24, 2.45) is 0 Å². The van der Waals surface area contributed by atoms with Crippen molar-refractivity contribution in [3.8, 4) is 0 Å². The number of alkyl halides is 1. The fourth-order valence-electron chi connectivity index (χ4n) is 0.899. The van der Waals surface area contributed by atoms with E-state index in [-0.39, 0.29) is 0 Å². The number of hydrogen-bond acceptors (Lipinski definition) is 5. The first-order valence-corrected chi connectivity index (χ1v) is 5.07. The predicted molar refractivity (Wildman–Crippen MR) is 55.3 cm³/mol. The Balaban J connectivity index is 4.46.